The first kappa shape index (κ1) is 40.1. The van der Waals surface area contributed by atoms with Gasteiger partial charge < -0.3 is 21.3 Å². The van der Waals surface area contributed by atoms with Gasteiger partial charge in [-0.05, 0) is 31.2 Å². The monoisotopic (exact) mass is 693 g/mol. The maximum absolute atomic E-state index is 13.3. The molecular weight excluding hydrogens is 638 g/mol. The van der Waals surface area contributed by atoms with Gasteiger partial charge in [-0.25, -0.2) is 0 Å². The Kier molecular flexibility index (Phi) is 18.5. The summed E-state index contributed by atoms with van der Waals surface area (Å²) in [6.07, 6.45) is 18.0. The molecule has 1 aromatic carbocycles. The van der Waals surface area contributed by atoms with Gasteiger partial charge in [-0.2, -0.15) is 0 Å². The zero-order valence-corrected chi connectivity index (χ0v) is 29.4. The van der Waals surface area contributed by atoms with Crippen molar-refractivity contribution in [1.82, 2.24) is 26.2 Å². The van der Waals surface area contributed by atoms with Crippen LogP contribution in [0.3, 0.4) is 0 Å². The lowest BCUT2D eigenvalue weighted by molar-refractivity contribution is -0.137. The maximum atomic E-state index is 13.3. The van der Waals surface area contributed by atoms with Crippen LogP contribution < -0.4 is 21.3 Å². The van der Waals surface area contributed by atoms with Crippen LogP contribution in [0, 0.1) is 5.92 Å². The number of amides is 6. The van der Waals surface area contributed by atoms with Crippen molar-refractivity contribution in [3.8, 4) is 0 Å². The van der Waals surface area contributed by atoms with Crippen molar-refractivity contribution in [1.29, 1.82) is 0 Å². The second-order valence-electron chi connectivity index (χ2n) is 13.3. The summed E-state index contributed by atoms with van der Waals surface area (Å²) >= 11 is 0. The molecule has 0 unspecified atom stereocenters. The lowest BCUT2D eigenvalue weighted by atomic mass is 9.91. The molecule has 1 fully saturated rings. The van der Waals surface area contributed by atoms with Crippen molar-refractivity contribution in [2.24, 2.45) is 5.92 Å². The molecule has 4 N–H and O–H groups in total. The zero-order chi connectivity index (χ0) is 36.0. The number of rotatable bonds is 17. The predicted octanol–water partition coefficient (Wildman–Crippen LogP) is 3.43. The third-order valence-corrected chi connectivity index (χ3v) is 9.26. The molecule has 0 aromatic heterocycles. The molecule has 12 nitrogen and oxygen atoms in total. The Morgan fingerprint density at radius 3 is 1.82 bits per heavy atom. The van der Waals surface area contributed by atoms with Gasteiger partial charge in [-0.1, -0.05) is 101 Å². The molecule has 0 saturated heterocycles. The summed E-state index contributed by atoms with van der Waals surface area (Å²) in [7, 11) is 0. The Bertz CT molecular complexity index is 1280. The Balaban J connectivity index is 1.39. The number of Topliss-reactive ketones (excluding diaryl/α,β-unsaturated/α-hetero) is 1. The van der Waals surface area contributed by atoms with Gasteiger partial charge in [0.15, 0.2) is 5.78 Å². The van der Waals surface area contributed by atoms with E-state index >= 15 is 0 Å². The van der Waals surface area contributed by atoms with Crippen LogP contribution >= 0.6 is 0 Å². The van der Waals surface area contributed by atoms with Crippen molar-refractivity contribution in [2.45, 2.75) is 115 Å². The van der Waals surface area contributed by atoms with E-state index in [-0.39, 0.29) is 55.4 Å². The summed E-state index contributed by atoms with van der Waals surface area (Å²) in [6, 6.07) is 8.28. The van der Waals surface area contributed by atoms with Crippen molar-refractivity contribution >= 4 is 41.2 Å². The van der Waals surface area contributed by atoms with Gasteiger partial charge in [0.2, 0.25) is 23.6 Å². The molecule has 12 heteroatoms. The van der Waals surface area contributed by atoms with E-state index in [2.05, 4.69) is 21.3 Å². The Hall–Kier alpha value is -4.35. The zero-order valence-electron chi connectivity index (χ0n) is 29.4. The van der Waals surface area contributed by atoms with Crippen molar-refractivity contribution in [2.75, 3.05) is 26.2 Å². The van der Waals surface area contributed by atoms with Crippen molar-refractivity contribution < 1.29 is 33.6 Å². The first-order valence-electron chi connectivity index (χ1n) is 18.4. The van der Waals surface area contributed by atoms with Gasteiger partial charge in [-0.3, -0.25) is 38.5 Å². The molecule has 1 saturated carbocycles. The van der Waals surface area contributed by atoms with E-state index < -0.39 is 30.3 Å². The summed E-state index contributed by atoms with van der Waals surface area (Å²) in [5.41, 5.74) is 0.830. The Labute approximate surface area is 295 Å². The number of imide groups is 1. The molecule has 274 valence electrons. The molecule has 0 radical (unpaired) electrons. The highest BCUT2D eigenvalue weighted by Crippen LogP contribution is 2.21. The van der Waals surface area contributed by atoms with Gasteiger partial charge in [0.05, 0.1) is 19.6 Å². The van der Waals surface area contributed by atoms with Crippen LogP contribution in [0.15, 0.2) is 42.5 Å². The number of carbonyl (C=O) groups is 7. The fourth-order valence-electron chi connectivity index (χ4n) is 6.30. The fourth-order valence-corrected chi connectivity index (χ4v) is 6.30. The van der Waals surface area contributed by atoms with Gasteiger partial charge in [-0.15, -0.1) is 0 Å². The molecule has 1 atom stereocenters. The smallest absolute Gasteiger partial charge is 0.253 e. The average molecular weight is 694 g/mol. The maximum Gasteiger partial charge on any atom is 0.253 e. The predicted molar refractivity (Wildman–Crippen MR) is 189 cm³/mol. The summed E-state index contributed by atoms with van der Waals surface area (Å²) in [4.78, 5) is 88.1. The number of benzene rings is 1. The molecule has 1 aromatic rings. The largest absolute Gasteiger partial charge is 0.347 e. The minimum absolute atomic E-state index is 0.0277. The lowest BCUT2D eigenvalue weighted by Gasteiger charge is -2.20. The van der Waals surface area contributed by atoms with Crippen LogP contribution in [-0.4, -0.2) is 78.3 Å². The molecule has 1 heterocycles. The first-order chi connectivity index (χ1) is 24.2. The molecule has 1 aliphatic carbocycles. The van der Waals surface area contributed by atoms with Crippen LogP contribution in [0.4, 0.5) is 0 Å². The summed E-state index contributed by atoms with van der Waals surface area (Å²) < 4.78 is 0. The fraction of sp³-hybridized carbons (Fsp3) is 0.605. The SMILES string of the molecule is O=C(CCCCCN1C(=O)C=CC1=O)NCC(=O)NCC(=O)N[C@@H](Cc1ccccc1)C(=O)NCC(=O)C1CCCCCCCCCCCC1. The molecular formula is C38H55N5O7. The second-order valence-corrected chi connectivity index (χ2v) is 13.3. The van der Waals surface area contributed by atoms with E-state index in [9.17, 15) is 33.6 Å². The van der Waals surface area contributed by atoms with E-state index in [0.29, 0.717) is 25.8 Å². The molecule has 1 aliphatic heterocycles. The quantitative estimate of drug-likeness (QED) is 0.143. The first-order valence-corrected chi connectivity index (χ1v) is 18.4. The van der Waals surface area contributed by atoms with Gasteiger partial charge in [0.25, 0.3) is 11.8 Å². The Morgan fingerprint density at radius 2 is 1.20 bits per heavy atom. The number of hydrogen-bond donors (Lipinski definition) is 4. The van der Waals surface area contributed by atoms with Crippen molar-refractivity contribution in [3.63, 3.8) is 0 Å². The van der Waals surface area contributed by atoms with E-state index in [1.807, 2.05) is 30.3 Å². The number of nitrogens with one attached hydrogen (secondary N) is 4. The van der Waals surface area contributed by atoms with Crippen LogP contribution in [0.25, 0.3) is 0 Å². The van der Waals surface area contributed by atoms with Crippen LogP contribution in [0.2, 0.25) is 0 Å². The van der Waals surface area contributed by atoms with E-state index in [1.165, 1.54) is 50.7 Å². The highest BCUT2D eigenvalue weighted by atomic mass is 16.2. The molecule has 3 rings (SSSR count). The third-order valence-electron chi connectivity index (χ3n) is 9.26. The van der Waals surface area contributed by atoms with Gasteiger partial charge >= 0.3 is 0 Å². The Morgan fingerprint density at radius 1 is 0.640 bits per heavy atom. The number of carbonyl (C=O) groups excluding carboxylic acids is 7. The number of ketones is 1. The second kappa shape index (κ2) is 23.1. The number of unbranched alkanes of at least 4 members (excludes halogenated alkanes) is 2. The molecule has 6 amide bonds. The van der Waals surface area contributed by atoms with Crippen LogP contribution in [0.5, 0.6) is 0 Å². The van der Waals surface area contributed by atoms with Crippen LogP contribution in [0.1, 0.15) is 108 Å². The van der Waals surface area contributed by atoms with E-state index in [4.69, 9.17) is 0 Å². The number of nitrogens with zero attached hydrogens (tertiary/aromatic N) is 1. The summed E-state index contributed by atoms with van der Waals surface area (Å²) in [6.45, 7) is -0.498. The summed E-state index contributed by atoms with van der Waals surface area (Å²) in [5, 5.41) is 10.4. The summed E-state index contributed by atoms with van der Waals surface area (Å²) in [5.74, 6) is -2.65. The molecule has 50 heavy (non-hydrogen) atoms. The normalized spacial score (nSPS) is 16.8. The van der Waals surface area contributed by atoms with Crippen molar-refractivity contribution in [3.05, 3.63) is 48.0 Å². The molecule has 0 spiro atoms. The minimum Gasteiger partial charge on any atom is -0.347 e. The number of hydrogen-bond acceptors (Lipinski definition) is 7. The standard InChI is InChI=1S/C38H55N5O7/c44-32(30-19-13-7-5-3-1-2-4-6-8-14-20-30)26-41-38(50)31(25-29-17-11-9-12-18-29)42-35(47)28-40-34(46)27-39-33(45)21-15-10-16-24-43-36(48)22-23-37(43)49/h9,11-12,17-18,22-23,30-31H,1-8,10,13-16,19-21,24-28H2,(H,39,45)(H,40,46)(H,41,50)(H,42,47)/t31-/m0/s1. The lowest BCUT2D eigenvalue weighted by Crippen LogP contribution is -2.52. The van der Waals surface area contributed by atoms with E-state index in [0.717, 1.165) is 49.0 Å². The van der Waals surface area contributed by atoms with Crippen LogP contribution in [-0.2, 0) is 40.0 Å². The minimum atomic E-state index is -0.952. The average Bonchev–Trinajstić information content (AvgIpc) is 3.44. The van der Waals surface area contributed by atoms with Gasteiger partial charge in [0.1, 0.15) is 6.04 Å². The van der Waals surface area contributed by atoms with E-state index in [1.54, 1.807) is 0 Å². The van der Waals surface area contributed by atoms with Gasteiger partial charge in [0, 0.05) is 37.5 Å². The highest BCUT2D eigenvalue weighted by Gasteiger charge is 2.25. The molecule has 0 bridgehead atoms. The third kappa shape index (κ3) is 15.9. The topological polar surface area (TPSA) is 171 Å². The molecule has 2 aliphatic rings. The highest BCUT2D eigenvalue weighted by molar-refractivity contribution is 6.12.